The van der Waals surface area contributed by atoms with Gasteiger partial charge in [-0.05, 0) is 43.0 Å². The minimum absolute atomic E-state index is 0.103. The number of benzene rings is 1. The first kappa shape index (κ1) is 16.2. The van der Waals surface area contributed by atoms with Crippen LogP contribution in [0, 0.1) is 0 Å². The second kappa shape index (κ2) is 7.29. The Morgan fingerprint density at radius 2 is 1.88 bits per heavy atom. The second-order valence-corrected chi connectivity index (χ2v) is 6.14. The van der Waals surface area contributed by atoms with Crippen LogP contribution in [0.15, 0.2) is 36.5 Å². The summed E-state index contributed by atoms with van der Waals surface area (Å²) in [5.41, 5.74) is 2.21. The molecule has 3 rings (SSSR count). The minimum atomic E-state index is -0.812. The van der Waals surface area contributed by atoms with E-state index in [-0.39, 0.29) is 12.3 Å². The number of aryl methyl sites for hydroxylation is 1. The zero-order valence-electron chi connectivity index (χ0n) is 13.4. The van der Waals surface area contributed by atoms with Crippen molar-refractivity contribution in [3.05, 3.63) is 47.8 Å². The summed E-state index contributed by atoms with van der Waals surface area (Å²) < 4.78 is 1.84. The van der Waals surface area contributed by atoms with Crippen LogP contribution in [0.5, 0.6) is 0 Å². The van der Waals surface area contributed by atoms with Crippen molar-refractivity contribution in [3.8, 4) is 0 Å². The first-order valence-electron chi connectivity index (χ1n) is 8.29. The Kier molecular flexibility index (Phi) is 4.93. The van der Waals surface area contributed by atoms with E-state index in [1.165, 1.54) is 12.8 Å². The molecule has 1 aromatic heterocycles. The molecule has 1 saturated carbocycles. The van der Waals surface area contributed by atoms with E-state index in [1.54, 1.807) is 24.4 Å². The summed E-state index contributed by atoms with van der Waals surface area (Å²) in [6, 6.07) is 9.34. The normalized spacial score (nSPS) is 14.7. The van der Waals surface area contributed by atoms with E-state index in [1.807, 2.05) is 16.8 Å². The minimum Gasteiger partial charge on any atom is -0.481 e. The lowest BCUT2D eigenvalue weighted by atomic mass is 10.1. The smallest absolute Gasteiger partial charge is 0.303 e. The fraction of sp³-hybridized carbons (Fsp3) is 0.389. The van der Waals surface area contributed by atoms with Crippen LogP contribution in [-0.4, -0.2) is 26.8 Å². The summed E-state index contributed by atoms with van der Waals surface area (Å²) in [4.78, 5) is 23.1. The van der Waals surface area contributed by atoms with Gasteiger partial charge < -0.3 is 10.4 Å². The van der Waals surface area contributed by atoms with Crippen LogP contribution >= 0.6 is 0 Å². The quantitative estimate of drug-likeness (QED) is 0.853. The Labute approximate surface area is 140 Å². The van der Waals surface area contributed by atoms with Gasteiger partial charge in [0.1, 0.15) is 5.69 Å². The van der Waals surface area contributed by atoms with Crippen LogP contribution in [0.3, 0.4) is 0 Å². The first-order valence-corrected chi connectivity index (χ1v) is 8.29. The largest absolute Gasteiger partial charge is 0.481 e. The molecule has 6 heteroatoms. The molecule has 0 spiro atoms. The number of aromatic nitrogens is 2. The molecule has 1 aromatic carbocycles. The van der Waals surface area contributed by atoms with Gasteiger partial charge in [-0.3, -0.25) is 14.3 Å². The first-order chi connectivity index (χ1) is 11.6. The summed E-state index contributed by atoms with van der Waals surface area (Å²) >= 11 is 0. The molecule has 1 amide bonds. The number of anilines is 1. The van der Waals surface area contributed by atoms with E-state index in [2.05, 4.69) is 10.4 Å². The molecule has 1 heterocycles. The Hall–Kier alpha value is -2.63. The van der Waals surface area contributed by atoms with Crippen LogP contribution in [0.25, 0.3) is 0 Å². The van der Waals surface area contributed by atoms with Gasteiger partial charge >= 0.3 is 5.97 Å². The van der Waals surface area contributed by atoms with Gasteiger partial charge in [-0.2, -0.15) is 5.10 Å². The standard InChI is InChI=1S/C18H21N3O3/c22-17(23)10-7-13-5-8-14(9-6-13)20-18(24)16-11-12-19-21(16)15-3-1-2-4-15/h5-6,8-9,11-12,15H,1-4,7,10H2,(H,20,24)(H,22,23). The molecule has 1 aliphatic carbocycles. The van der Waals surface area contributed by atoms with Gasteiger partial charge in [0.15, 0.2) is 0 Å². The number of rotatable bonds is 6. The van der Waals surface area contributed by atoms with Gasteiger partial charge in [-0.1, -0.05) is 25.0 Å². The number of carboxylic acid groups (broad SMARTS) is 1. The molecular formula is C18H21N3O3. The van der Waals surface area contributed by atoms with E-state index in [4.69, 9.17) is 5.11 Å². The van der Waals surface area contributed by atoms with Crippen molar-refractivity contribution >= 4 is 17.6 Å². The average Bonchev–Trinajstić information content (AvgIpc) is 3.24. The van der Waals surface area contributed by atoms with Gasteiger partial charge in [0.2, 0.25) is 0 Å². The molecule has 1 aliphatic rings. The van der Waals surface area contributed by atoms with Crippen LogP contribution in [0.2, 0.25) is 0 Å². The summed E-state index contributed by atoms with van der Waals surface area (Å²) in [7, 11) is 0. The van der Waals surface area contributed by atoms with Crippen molar-refractivity contribution in [3.63, 3.8) is 0 Å². The summed E-state index contributed by atoms with van der Waals surface area (Å²) in [6.07, 6.45) is 6.76. The molecule has 0 saturated heterocycles. The molecular weight excluding hydrogens is 306 g/mol. The van der Waals surface area contributed by atoms with Crippen molar-refractivity contribution in [2.75, 3.05) is 5.32 Å². The number of carboxylic acids is 1. The number of carbonyl (C=O) groups excluding carboxylic acids is 1. The number of nitrogens with zero attached hydrogens (tertiary/aromatic N) is 2. The zero-order valence-corrected chi connectivity index (χ0v) is 13.4. The third-order valence-electron chi connectivity index (χ3n) is 4.41. The lowest BCUT2D eigenvalue weighted by Crippen LogP contribution is -2.20. The number of hydrogen-bond acceptors (Lipinski definition) is 3. The van der Waals surface area contributed by atoms with Crippen LogP contribution in [0.1, 0.15) is 54.2 Å². The monoisotopic (exact) mass is 327 g/mol. The van der Waals surface area contributed by atoms with Crippen molar-refractivity contribution in [1.29, 1.82) is 0 Å². The maximum atomic E-state index is 12.5. The van der Waals surface area contributed by atoms with Crippen LogP contribution in [0.4, 0.5) is 5.69 Å². The summed E-state index contributed by atoms with van der Waals surface area (Å²) in [5.74, 6) is -0.981. The number of hydrogen-bond donors (Lipinski definition) is 2. The molecule has 1 fully saturated rings. The topological polar surface area (TPSA) is 84.2 Å². The van der Waals surface area contributed by atoms with E-state index in [0.717, 1.165) is 18.4 Å². The Bertz CT molecular complexity index is 715. The summed E-state index contributed by atoms with van der Waals surface area (Å²) in [6.45, 7) is 0. The Balaban J connectivity index is 1.64. The van der Waals surface area contributed by atoms with Gasteiger partial charge in [-0.25, -0.2) is 0 Å². The van der Waals surface area contributed by atoms with Gasteiger partial charge in [0, 0.05) is 18.3 Å². The summed E-state index contributed by atoms with van der Waals surface area (Å²) in [5, 5.41) is 15.9. The molecule has 126 valence electrons. The molecule has 0 bridgehead atoms. The lowest BCUT2D eigenvalue weighted by molar-refractivity contribution is -0.136. The van der Waals surface area contributed by atoms with Crippen molar-refractivity contribution < 1.29 is 14.7 Å². The maximum absolute atomic E-state index is 12.5. The number of carbonyl (C=O) groups is 2. The molecule has 0 unspecified atom stereocenters. The second-order valence-electron chi connectivity index (χ2n) is 6.14. The number of aliphatic carboxylic acids is 1. The van der Waals surface area contributed by atoms with Crippen molar-refractivity contribution in [2.45, 2.75) is 44.6 Å². The molecule has 0 aliphatic heterocycles. The predicted molar refractivity (Wildman–Crippen MR) is 90.1 cm³/mol. The third kappa shape index (κ3) is 3.82. The molecule has 2 aromatic rings. The lowest BCUT2D eigenvalue weighted by Gasteiger charge is -2.14. The Morgan fingerprint density at radius 1 is 1.17 bits per heavy atom. The van der Waals surface area contributed by atoms with Gasteiger partial charge in [-0.15, -0.1) is 0 Å². The maximum Gasteiger partial charge on any atom is 0.303 e. The molecule has 0 radical (unpaired) electrons. The van der Waals surface area contributed by atoms with E-state index >= 15 is 0 Å². The van der Waals surface area contributed by atoms with Crippen LogP contribution in [-0.2, 0) is 11.2 Å². The number of amides is 1. The highest BCUT2D eigenvalue weighted by atomic mass is 16.4. The van der Waals surface area contributed by atoms with Crippen molar-refractivity contribution in [1.82, 2.24) is 9.78 Å². The molecule has 0 atom stereocenters. The zero-order chi connectivity index (χ0) is 16.9. The SMILES string of the molecule is O=C(O)CCc1ccc(NC(=O)c2ccnn2C2CCCC2)cc1. The van der Waals surface area contributed by atoms with E-state index < -0.39 is 5.97 Å². The molecule has 2 N–H and O–H groups in total. The highest BCUT2D eigenvalue weighted by Crippen LogP contribution is 2.30. The Morgan fingerprint density at radius 3 is 2.54 bits per heavy atom. The fourth-order valence-electron chi connectivity index (χ4n) is 3.14. The predicted octanol–water partition coefficient (Wildman–Crippen LogP) is 3.27. The third-order valence-corrected chi connectivity index (χ3v) is 4.41. The van der Waals surface area contributed by atoms with E-state index in [0.29, 0.717) is 23.8 Å². The number of nitrogens with one attached hydrogen (secondary N) is 1. The molecule has 6 nitrogen and oxygen atoms in total. The fourth-order valence-corrected chi connectivity index (χ4v) is 3.14. The van der Waals surface area contributed by atoms with Gasteiger partial charge in [0.05, 0.1) is 6.04 Å². The highest BCUT2D eigenvalue weighted by Gasteiger charge is 2.22. The van der Waals surface area contributed by atoms with Gasteiger partial charge in [0.25, 0.3) is 5.91 Å². The average molecular weight is 327 g/mol. The van der Waals surface area contributed by atoms with Crippen molar-refractivity contribution in [2.24, 2.45) is 0 Å². The molecule has 24 heavy (non-hydrogen) atoms. The van der Waals surface area contributed by atoms with E-state index in [9.17, 15) is 9.59 Å². The highest BCUT2D eigenvalue weighted by molar-refractivity contribution is 6.03. The van der Waals surface area contributed by atoms with Crippen LogP contribution < -0.4 is 5.32 Å².